The number of anilines is 2. The second-order valence-electron chi connectivity index (χ2n) is 5.58. The van der Waals surface area contributed by atoms with E-state index in [0.29, 0.717) is 5.76 Å². The summed E-state index contributed by atoms with van der Waals surface area (Å²) in [4.78, 5) is 14.3. The molecule has 1 fully saturated rings. The summed E-state index contributed by atoms with van der Waals surface area (Å²) in [5.74, 6) is 0.433. The Morgan fingerprint density at radius 3 is 2.74 bits per heavy atom. The van der Waals surface area contributed by atoms with Gasteiger partial charge in [-0.25, -0.2) is 4.79 Å². The molecule has 6 nitrogen and oxygen atoms in total. The first-order valence-electron chi connectivity index (χ1n) is 7.84. The van der Waals surface area contributed by atoms with Crippen LogP contribution in [0.25, 0.3) is 0 Å². The highest BCUT2D eigenvalue weighted by atomic mass is 16.4. The number of urea groups is 1. The van der Waals surface area contributed by atoms with Crippen molar-refractivity contribution < 1.29 is 14.3 Å². The third kappa shape index (κ3) is 3.84. The van der Waals surface area contributed by atoms with Crippen LogP contribution in [0.2, 0.25) is 0 Å². The Balaban J connectivity index is 1.57. The van der Waals surface area contributed by atoms with Gasteiger partial charge in [0, 0.05) is 13.1 Å². The second-order valence-corrected chi connectivity index (χ2v) is 5.58. The normalized spacial score (nSPS) is 15.4. The molecule has 2 aromatic rings. The summed E-state index contributed by atoms with van der Waals surface area (Å²) in [6.07, 6.45) is 2.99. The topological polar surface area (TPSA) is 77.7 Å². The maximum atomic E-state index is 12.1. The van der Waals surface area contributed by atoms with Gasteiger partial charge in [0.05, 0.1) is 24.2 Å². The van der Waals surface area contributed by atoms with Gasteiger partial charge in [0.25, 0.3) is 0 Å². The van der Waals surface area contributed by atoms with E-state index in [4.69, 9.17) is 4.42 Å². The highest BCUT2D eigenvalue weighted by Crippen LogP contribution is 2.28. The lowest BCUT2D eigenvalue weighted by molar-refractivity contribution is 0.149. The first-order chi connectivity index (χ1) is 11.2. The number of carbonyl (C=O) groups excluding carboxylic acids is 1. The Morgan fingerprint density at radius 1 is 1.22 bits per heavy atom. The summed E-state index contributed by atoms with van der Waals surface area (Å²) in [7, 11) is 0. The molecule has 2 amide bonds. The molecular formula is C17H21N3O3. The molecule has 23 heavy (non-hydrogen) atoms. The van der Waals surface area contributed by atoms with Crippen LogP contribution in [0.3, 0.4) is 0 Å². The molecule has 1 saturated heterocycles. The van der Waals surface area contributed by atoms with E-state index in [-0.39, 0.29) is 12.6 Å². The van der Waals surface area contributed by atoms with Gasteiger partial charge in [-0.05, 0) is 37.1 Å². The van der Waals surface area contributed by atoms with Gasteiger partial charge in [0.2, 0.25) is 0 Å². The van der Waals surface area contributed by atoms with Crippen LogP contribution in [0.15, 0.2) is 47.1 Å². The van der Waals surface area contributed by atoms with Crippen molar-refractivity contribution in [3.63, 3.8) is 0 Å². The van der Waals surface area contributed by atoms with E-state index in [2.05, 4.69) is 15.5 Å². The van der Waals surface area contributed by atoms with Crippen LogP contribution in [-0.2, 0) is 0 Å². The quantitative estimate of drug-likeness (QED) is 0.793. The zero-order valence-corrected chi connectivity index (χ0v) is 12.9. The van der Waals surface area contributed by atoms with E-state index in [1.165, 1.54) is 19.1 Å². The van der Waals surface area contributed by atoms with Crippen molar-refractivity contribution in [2.24, 2.45) is 0 Å². The average Bonchev–Trinajstić information content (AvgIpc) is 3.26. The molecule has 0 spiro atoms. The number of hydrogen-bond donors (Lipinski definition) is 3. The fraction of sp³-hybridized carbons (Fsp3) is 0.353. The number of para-hydroxylation sites is 2. The van der Waals surface area contributed by atoms with Crippen molar-refractivity contribution >= 4 is 17.4 Å². The smallest absolute Gasteiger partial charge is 0.319 e. The first-order valence-corrected chi connectivity index (χ1v) is 7.84. The fourth-order valence-electron chi connectivity index (χ4n) is 2.75. The number of amides is 2. The van der Waals surface area contributed by atoms with Crippen LogP contribution in [0.4, 0.5) is 16.2 Å². The molecule has 2 heterocycles. The van der Waals surface area contributed by atoms with E-state index in [1.807, 2.05) is 24.3 Å². The summed E-state index contributed by atoms with van der Waals surface area (Å²) in [6.45, 7) is 2.11. The number of nitrogens with one attached hydrogen (secondary N) is 2. The van der Waals surface area contributed by atoms with Gasteiger partial charge < -0.3 is 25.1 Å². The number of benzene rings is 1. The highest BCUT2D eigenvalue weighted by molar-refractivity contribution is 5.93. The number of hydrogen-bond acceptors (Lipinski definition) is 4. The molecule has 1 aromatic carbocycles. The molecule has 122 valence electrons. The molecule has 3 rings (SSSR count). The lowest BCUT2D eigenvalue weighted by Crippen LogP contribution is -2.33. The minimum atomic E-state index is -0.857. The third-order valence-corrected chi connectivity index (χ3v) is 3.93. The van der Waals surface area contributed by atoms with Crippen LogP contribution in [0.1, 0.15) is 24.7 Å². The number of furan rings is 1. The average molecular weight is 315 g/mol. The van der Waals surface area contributed by atoms with Gasteiger partial charge in [-0.1, -0.05) is 12.1 Å². The maximum Gasteiger partial charge on any atom is 0.319 e. The third-order valence-electron chi connectivity index (χ3n) is 3.93. The van der Waals surface area contributed by atoms with Crippen molar-refractivity contribution in [1.82, 2.24) is 5.32 Å². The summed E-state index contributed by atoms with van der Waals surface area (Å²) in [5, 5.41) is 15.4. The molecule has 0 bridgehead atoms. The number of nitrogens with zero attached hydrogens (tertiary/aromatic N) is 1. The second kappa shape index (κ2) is 7.19. The molecule has 0 aliphatic carbocycles. The molecule has 0 saturated carbocycles. The van der Waals surface area contributed by atoms with Gasteiger partial charge in [-0.2, -0.15) is 0 Å². The van der Waals surface area contributed by atoms with E-state index in [1.54, 1.807) is 12.1 Å². The van der Waals surface area contributed by atoms with Crippen molar-refractivity contribution in [2.45, 2.75) is 18.9 Å². The predicted octanol–water partition coefficient (Wildman–Crippen LogP) is 2.73. The van der Waals surface area contributed by atoms with Crippen LogP contribution in [0, 0.1) is 0 Å². The van der Waals surface area contributed by atoms with Gasteiger partial charge in [0.15, 0.2) is 0 Å². The molecule has 1 aliphatic heterocycles. The Hall–Kier alpha value is -2.47. The minimum absolute atomic E-state index is 0.0885. The molecule has 6 heteroatoms. The zero-order valence-electron chi connectivity index (χ0n) is 12.9. The summed E-state index contributed by atoms with van der Waals surface area (Å²) in [5.41, 5.74) is 1.81. The predicted molar refractivity (Wildman–Crippen MR) is 88.6 cm³/mol. The first kappa shape index (κ1) is 15.4. The van der Waals surface area contributed by atoms with Crippen LogP contribution in [-0.4, -0.2) is 30.8 Å². The summed E-state index contributed by atoms with van der Waals surface area (Å²) < 4.78 is 5.10. The highest BCUT2D eigenvalue weighted by Gasteiger charge is 2.17. The van der Waals surface area contributed by atoms with Crippen LogP contribution in [0.5, 0.6) is 0 Å². The SMILES string of the molecule is O=C(NCC(O)c1ccco1)Nc1ccccc1N1CCCC1. The van der Waals surface area contributed by atoms with Crippen LogP contribution >= 0.6 is 0 Å². The van der Waals surface area contributed by atoms with E-state index in [0.717, 1.165) is 24.5 Å². The largest absolute Gasteiger partial charge is 0.467 e. The van der Waals surface area contributed by atoms with Crippen molar-refractivity contribution in [1.29, 1.82) is 0 Å². The van der Waals surface area contributed by atoms with Gasteiger partial charge >= 0.3 is 6.03 Å². The van der Waals surface area contributed by atoms with E-state index in [9.17, 15) is 9.90 Å². The Bertz CT molecular complexity index is 636. The Labute approximate surface area is 135 Å². The molecule has 1 aliphatic rings. The number of carbonyl (C=O) groups is 1. The number of rotatable bonds is 5. The van der Waals surface area contributed by atoms with Gasteiger partial charge in [-0.3, -0.25) is 0 Å². The van der Waals surface area contributed by atoms with E-state index < -0.39 is 6.10 Å². The van der Waals surface area contributed by atoms with Crippen molar-refractivity contribution in [3.8, 4) is 0 Å². The monoisotopic (exact) mass is 315 g/mol. The van der Waals surface area contributed by atoms with Crippen molar-refractivity contribution in [3.05, 3.63) is 48.4 Å². The number of aliphatic hydroxyl groups is 1. The van der Waals surface area contributed by atoms with Gasteiger partial charge in [0.1, 0.15) is 11.9 Å². The summed E-state index contributed by atoms with van der Waals surface area (Å²) >= 11 is 0. The molecule has 1 aromatic heterocycles. The van der Waals surface area contributed by atoms with E-state index >= 15 is 0 Å². The van der Waals surface area contributed by atoms with Gasteiger partial charge in [-0.15, -0.1) is 0 Å². The van der Waals surface area contributed by atoms with Crippen LogP contribution < -0.4 is 15.5 Å². The maximum absolute atomic E-state index is 12.1. The minimum Gasteiger partial charge on any atom is -0.467 e. The zero-order chi connectivity index (χ0) is 16.1. The standard InChI is InChI=1S/C17H21N3O3/c21-15(16-8-5-11-23-16)12-18-17(22)19-13-6-1-2-7-14(13)20-9-3-4-10-20/h1-2,5-8,11,15,21H,3-4,9-10,12H2,(H2,18,19,22). The van der Waals surface area contributed by atoms with Crippen molar-refractivity contribution in [2.75, 3.05) is 29.9 Å². The molecule has 3 N–H and O–H groups in total. The Morgan fingerprint density at radius 2 is 2.00 bits per heavy atom. The molecular weight excluding hydrogens is 294 g/mol. The number of aliphatic hydroxyl groups excluding tert-OH is 1. The molecule has 0 radical (unpaired) electrons. The lowest BCUT2D eigenvalue weighted by atomic mass is 10.2. The Kier molecular flexibility index (Phi) is 4.83. The molecule has 1 atom stereocenters. The molecule has 1 unspecified atom stereocenters. The summed E-state index contributed by atoms with van der Waals surface area (Å²) in [6, 6.07) is 10.8. The lowest BCUT2D eigenvalue weighted by Gasteiger charge is -2.21. The fourth-order valence-corrected chi connectivity index (χ4v) is 2.75.